The van der Waals surface area contributed by atoms with Gasteiger partial charge in [-0.05, 0) is 25.1 Å². The molecular formula is C29H24F3N5O9S. The number of pyridine rings is 2. The zero-order valence-corrected chi connectivity index (χ0v) is 24.9. The Morgan fingerprint density at radius 1 is 1.13 bits per heavy atom. The summed E-state index contributed by atoms with van der Waals surface area (Å²) in [7, 11) is 0. The van der Waals surface area contributed by atoms with E-state index >= 15 is 4.39 Å². The van der Waals surface area contributed by atoms with Gasteiger partial charge in [0.1, 0.15) is 52.0 Å². The quantitative estimate of drug-likeness (QED) is 0.217. The van der Waals surface area contributed by atoms with Gasteiger partial charge in [0, 0.05) is 30.9 Å². The molecule has 47 heavy (non-hydrogen) atoms. The molecule has 5 atom stereocenters. The number of aliphatic carboxylic acids is 1. The van der Waals surface area contributed by atoms with Crippen LogP contribution in [0.1, 0.15) is 23.3 Å². The van der Waals surface area contributed by atoms with Crippen LogP contribution in [0.4, 0.5) is 18.0 Å². The Morgan fingerprint density at radius 3 is 2.53 bits per heavy atom. The Bertz CT molecular complexity index is 1970. The highest BCUT2D eigenvalue weighted by Gasteiger charge is 2.57. The summed E-state index contributed by atoms with van der Waals surface area (Å²) in [5.74, 6) is -7.64. The maximum Gasteiger partial charge on any atom is 0.407 e. The van der Waals surface area contributed by atoms with Gasteiger partial charge in [-0.3, -0.25) is 14.5 Å². The normalized spacial score (nSPS) is 22.7. The molecule has 2 amide bonds. The number of benzene rings is 1. The standard InChI is InChI=1S/C29H24F3N5O9S/c1-10(38)20-25(40)37-22(28(43)44)19(47-26(20)37)9-46-29(45)34-17-6-33-7-18(17)36-8-14(27(41)42)23(39)13-5-16(32)21(35-24(13)36)12-3-2-11(30)4-15(12)31/h2-5,8,10,17-18,20,26,33,38H,6-7,9H2,1H3,(H,34,45)(H,41,42)(H,43,44)/t10-,17?,18+,20-,26-/m1/s1. The van der Waals surface area contributed by atoms with Gasteiger partial charge in [-0.15, -0.1) is 0 Å². The Balaban J connectivity index is 1.29. The highest BCUT2D eigenvalue weighted by molar-refractivity contribution is 8.04. The highest BCUT2D eigenvalue weighted by Crippen LogP contribution is 2.50. The van der Waals surface area contributed by atoms with Crippen molar-refractivity contribution in [2.45, 2.75) is 30.5 Å². The van der Waals surface area contributed by atoms with E-state index in [2.05, 4.69) is 15.6 Å². The predicted octanol–water partition coefficient (Wildman–Crippen LogP) is 1.63. The lowest BCUT2D eigenvalue weighted by molar-refractivity contribution is -0.156. The van der Waals surface area contributed by atoms with E-state index in [4.69, 9.17) is 4.74 Å². The first kappa shape index (κ1) is 32.0. The van der Waals surface area contributed by atoms with E-state index in [1.807, 2.05) is 0 Å². The number of hydrogen-bond acceptors (Lipinski definition) is 10. The van der Waals surface area contributed by atoms with E-state index in [-0.39, 0.29) is 29.3 Å². The number of carboxylic acids is 2. The van der Waals surface area contributed by atoms with Crippen LogP contribution in [0, 0.1) is 23.4 Å². The van der Waals surface area contributed by atoms with Crippen molar-refractivity contribution in [1.29, 1.82) is 0 Å². The van der Waals surface area contributed by atoms with Gasteiger partial charge in [-0.2, -0.15) is 0 Å². The number of aliphatic hydroxyl groups is 1. The summed E-state index contributed by atoms with van der Waals surface area (Å²) in [5, 5.41) is 33.8. The van der Waals surface area contributed by atoms with Crippen LogP contribution >= 0.6 is 11.8 Å². The number of aromatic carboxylic acids is 1. The summed E-state index contributed by atoms with van der Waals surface area (Å²) in [6.07, 6.45) is -1.06. The topological polar surface area (TPSA) is 200 Å². The van der Waals surface area contributed by atoms with Gasteiger partial charge in [-0.25, -0.2) is 32.5 Å². The summed E-state index contributed by atoms with van der Waals surface area (Å²) in [6, 6.07) is 1.39. The van der Waals surface area contributed by atoms with Crippen LogP contribution in [0.3, 0.4) is 0 Å². The summed E-state index contributed by atoms with van der Waals surface area (Å²) in [6.45, 7) is 1.08. The molecule has 2 saturated heterocycles. The molecule has 0 radical (unpaired) electrons. The molecule has 3 aromatic rings. The molecule has 2 fully saturated rings. The number of amides is 2. The Labute approximate surface area is 265 Å². The second kappa shape index (κ2) is 12.0. The Morgan fingerprint density at radius 2 is 1.87 bits per heavy atom. The Hall–Kier alpha value is -4.94. The van der Waals surface area contributed by atoms with Crippen LogP contribution in [0.2, 0.25) is 0 Å². The minimum atomic E-state index is -1.62. The molecule has 0 spiro atoms. The lowest BCUT2D eigenvalue weighted by Gasteiger charge is -2.43. The molecule has 0 bridgehead atoms. The number of rotatable bonds is 8. The van der Waals surface area contributed by atoms with Crippen LogP contribution in [0.25, 0.3) is 22.3 Å². The monoisotopic (exact) mass is 675 g/mol. The third kappa shape index (κ3) is 5.47. The zero-order valence-electron chi connectivity index (χ0n) is 24.1. The maximum absolute atomic E-state index is 15.2. The summed E-state index contributed by atoms with van der Waals surface area (Å²) < 4.78 is 49.9. The number of nitrogens with one attached hydrogen (secondary N) is 2. The fourth-order valence-corrected chi connectivity index (χ4v) is 7.43. The number of halogens is 3. The van der Waals surface area contributed by atoms with Gasteiger partial charge in [-0.1, -0.05) is 11.8 Å². The number of hydrogen-bond donors (Lipinski definition) is 5. The molecule has 5 N–H and O–H groups in total. The molecular weight excluding hydrogens is 651 g/mol. The van der Waals surface area contributed by atoms with E-state index in [9.17, 15) is 48.1 Å². The lowest BCUT2D eigenvalue weighted by atomic mass is 9.92. The lowest BCUT2D eigenvalue weighted by Crippen LogP contribution is -2.60. The molecule has 2 aromatic heterocycles. The van der Waals surface area contributed by atoms with Gasteiger partial charge in [0.2, 0.25) is 11.3 Å². The summed E-state index contributed by atoms with van der Waals surface area (Å²) >= 11 is 0.979. The fourth-order valence-electron chi connectivity index (χ4n) is 5.91. The van der Waals surface area contributed by atoms with Gasteiger partial charge < -0.3 is 35.3 Å². The molecule has 1 unspecified atom stereocenters. The van der Waals surface area contributed by atoms with Crippen LogP contribution in [0.5, 0.6) is 0 Å². The molecule has 0 aliphatic carbocycles. The minimum Gasteiger partial charge on any atom is -0.477 e. The molecule has 3 aliphatic rings. The van der Waals surface area contributed by atoms with Crippen molar-refractivity contribution in [3.8, 4) is 11.3 Å². The fraction of sp³-hybridized carbons (Fsp3) is 0.310. The Kier molecular flexibility index (Phi) is 8.18. The molecule has 6 rings (SSSR count). The predicted molar refractivity (Wildman–Crippen MR) is 157 cm³/mol. The number of ether oxygens (including phenoxy) is 1. The smallest absolute Gasteiger partial charge is 0.407 e. The third-order valence-electron chi connectivity index (χ3n) is 8.13. The van der Waals surface area contributed by atoms with E-state index in [1.54, 1.807) is 0 Å². The van der Waals surface area contributed by atoms with Gasteiger partial charge >= 0.3 is 18.0 Å². The second-order valence-corrected chi connectivity index (χ2v) is 12.2. The number of aliphatic hydroxyl groups excluding tert-OH is 1. The second-order valence-electron chi connectivity index (χ2n) is 11.0. The van der Waals surface area contributed by atoms with Gasteiger partial charge in [0.15, 0.2) is 0 Å². The molecule has 14 nitrogen and oxygen atoms in total. The molecule has 1 aromatic carbocycles. The molecule has 18 heteroatoms. The number of aromatic nitrogens is 2. The average Bonchev–Trinajstić information content (AvgIpc) is 3.58. The number of carbonyl (C=O) groups is 4. The third-order valence-corrected chi connectivity index (χ3v) is 9.47. The number of thioether (sulfide) groups is 1. The van der Waals surface area contributed by atoms with Crippen molar-refractivity contribution < 1.29 is 52.4 Å². The zero-order chi connectivity index (χ0) is 33.9. The summed E-state index contributed by atoms with van der Waals surface area (Å²) in [5.41, 5.74) is -3.38. The van der Waals surface area contributed by atoms with Crippen LogP contribution < -0.4 is 16.1 Å². The minimum absolute atomic E-state index is 0.0829. The number of nitrogens with zero attached hydrogens (tertiary/aromatic N) is 3. The largest absolute Gasteiger partial charge is 0.477 e. The van der Waals surface area contributed by atoms with E-state index < -0.39 is 105 Å². The number of β-lactam (4-membered cyclic amide) rings is 1. The molecule has 0 saturated carbocycles. The first-order valence-corrected chi connectivity index (χ1v) is 14.9. The highest BCUT2D eigenvalue weighted by atomic mass is 32.2. The van der Waals surface area contributed by atoms with Gasteiger partial charge in [0.25, 0.3) is 0 Å². The first-order valence-electron chi connectivity index (χ1n) is 14.0. The number of carboxylic acid groups (broad SMARTS) is 2. The van der Waals surface area contributed by atoms with Crippen molar-refractivity contribution in [2.24, 2.45) is 5.92 Å². The van der Waals surface area contributed by atoms with Crippen molar-refractivity contribution in [3.05, 3.63) is 74.3 Å². The molecule has 3 aliphatic heterocycles. The van der Waals surface area contributed by atoms with E-state index in [0.717, 1.165) is 35.0 Å². The van der Waals surface area contributed by atoms with E-state index in [0.29, 0.717) is 12.1 Å². The SMILES string of the molecule is C[C@@H](O)[C@@H]1C(=O)N2C(C(=O)O)=C(COC(=O)NC3CNC[C@@H]3n3cc(C(=O)O)c(=O)c4cc(F)c(-c5ccc(F)cc5F)nc43)S[C@H]12. The van der Waals surface area contributed by atoms with Crippen molar-refractivity contribution in [1.82, 2.24) is 25.1 Å². The van der Waals surface area contributed by atoms with Crippen LogP contribution in [-0.4, -0.2) is 90.9 Å². The van der Waals surface area contributed by atoms with E-state index in [1.165, 1.54) is 11.5 Å². The molecule has 246 valence electrons. The number of carbonyl (C=O) groups excluding carboxylic acids is 2. The average molecular weight is 676 g/mol. The van der Waals surface area contributed by atoms with Crippen LogP contribution in [-0.2, 0) is 14.3 Å². The van der Waals surface area contributed by atoms with Crippen molar-refractivity contribution in [2.75, 3.05) is 19.7 Å². The van der Waals surface area contributed by atoms with Crippen LogP contribution in [0.15, 0.2) is 45.9 Å². The maximum atomic E-state index is 15.2. The molecule has 5 heterocycles. The van der Waals surface area contributed by atoms with Crippen molar-refractivity contribution >= 4 is 46.7 Å². The summed E-state index contributed by atoms with van der Waals surface area (Å²) in [4.78, 5) is 67.5. The first-order chi connectivity index (χ1) is 22.3. The van der Waals surface area contributed by atoms with Crippen molar-refractivity contribution in [3.63, 3.8) is 0 Å². The number of fused-ring (bicyclic) bond motifs is 2. The number of alkyl carbamates (subject to hydrolysis) is 1. The van der Waals surface area contributed by atoms with Gasteiger partial charge in [0.05, 0.1) is 34.4 Å².